The minimum Gasteiger partial charge on any atom is -0.469 e. The maximum Gasteiger partial charge on any atom is 0.305 e. The Labute approximate surface area is 117 Å². The number of piperidine rings is 1. The van der Waals surface area contributed by atoms with Crippen molar-refractivity contribution < 1.29 is 13.9 Å². The Kier molecular flexibility index (Phi) is 4.57. The average molecular weight is 276 g/mol. The lowest BCUT2D eigenvalue weighted by molar-refractivity contribution is -0.141. The fourth-order valence-electron chi connectivity index (χ4n) is 2.53. The Hall–Kier alpha value is -2.09. The quantitative estimate of drug-likeness (QED) is 0.796. The molecule has 5 heteroatoms. The van der Waals surface area contributed by atoms with E-state index in [1.807, 2.05) is 11.0 Å². The van der Waals surface area contributed by atoms with E-state index in [2.05, 4.69) is 4.74 Å². The van der Waals surface area contributed by atoms with E-state index in [0.717, 1.165) is 12.8 Å². The van der Waals surface area contributed by atoms with Gasteiger partial charge in [-0.1, -0.05) is 0 Å². The van der Waals surface area contributed by atoms with Crippen LogP contribution in [0.4, 0.5) is 10.1 Å². The van der Waals surface area contributed by atoms with Crippen LogP contribution in [0.5, 0.6) is 0 Å². The summed E-state index contributed by atoms with van der Waals surface area (Å²) in [6.07, 6.45) is 2.11. The molecule has 20 heavy (non-hydrogen) atoms. The number of ether oxygens (including phenoxy) is 1. The average Bonchev–Trinajstić information content (AvgIpc) is 2.48. The maximum absolute atomic E-state index is 13.9. The van der Waals surface area contributed by atoms with Gasteiger partial charge in [-0.3, -0.25) is 4.79 Å². The largest absolute Gasteiger partial charge is 0.469 e. The number of methoxy groups -OCH3 is 1. The standard InChI is InChI=1S/C15H17FN2O2/c1-20-15(19)9-11-4-6-18(7-5-11)14-3-2-12(10-17)8-13(14)16/h2-3,8,11H,4-7,9H2,1H3. The number of halogens is 1. The molecule has 1 saturated heterocycles. The summed E-state index contributed by atoms with van der Waals surface area (Å²) in [5.41, 5.74) is 0.854. The summed E-state index contributed by atoms with van der Waals surface area (Å²) in [4.78, 5) is 13.2. The third kappa shape index (κ3) is 3.27. The Morgan fingerprint density at radius 3 is 2.75 bits per heavy atom. The molecule has 0 spiro atoms. The number of hydrogen-bond donors (Lipinski definition) is 0. The third-order valence-electron chi connectivity index (χ3n) is 3.72. The number of nitrogens with zero attached hydrogens (tertiary/aromatic N) is 2. The molecular weight excluding hydrogens is 259 g/mol. The smallest absolute Gasteiger partial charge is 0.305 e. The second-order valence-corrected chi connectivity index (χ2v) is 4.99. The van der Waals surface area contributed by atoms with Crippen molar-refractivity contribution in [3.63, 3.8) is 0 Å². The molecule has 0 aromatic heterocycles. The van der Waals surface area contributed by atoms with Gasteiger partial charge in [-0.15, -0.1) is 0 Å². The summed E-state index contributed by atoms with van der Waals surface area (Å²) in [5, 5.41) is 8.73. The summed E-state index contributed by atoms with van der Waals surface area (Å²) < 4.78 is 18.6. The Morgan fingerprint density at radius 1 is 1.50 bits per heavy atom. The third-order valence-corrected chi connectivity index (χ3v) is 3.72. The molecule has 0 aliphatic carbocycles. The molecule has 0 saturated carbocycles. The van der Waals surface area contributed by atoms with Crippen LogP contribution in [-0.4, -0.2) is 26.2 Å². The number of carbonyl (C=O) groups excluding carboxylic acids is 1. The molecular formula is C15H17FN2O2. The summed E-state index contributed by atoms with van der Waals surface area (Å²) in [6, 6.07) is 6.45. The molecule has 1 aromatic carbocycles. The highest BCUT2D eigenvalue weighted by molar-refractivity contribution is 5.69. The van der Waals surface area contributed by atoms with Crippen molar-refractivity contribution in [2.45, 2.75) is 19.3 Å². The zero-order chi connectivity index (χ0) is 14.5. The lowest BCUT2D eigenvalue weighted by Gasteiger charge is -2.33. The van der Waals surface area contributed by atoms with E-state index in [4.69, 9.17) is 5.26 Å². The van der Waals surface area contributed by atoms with Crippen molar-refractivity contribution in [2.24, 2.45) is 5.92 Å². The molecule has 0 amide bonds. The second-order valence-electron chi connectivity index (χ2n) is 4.99. The van der Waals surface area contributed by atoms with E-state index in [9.17, 15) is 9.18 Å². The van der Waals surface area contributed by atoms with Crippen LogP contribution in [-0.2, 0) is 9.53 Å². The first-order valence-electron chi connectivity index (χ1n) is 6.65. The number of nitriles is 1. The molecule has 4 nitrogen and oxygen atoms in total. The molecule has 0 N–H and O–H groups in total. The summed E-state index contributed by atoms with van der Waals surface area (Å²) in [7, 11) is 1.39. The predicted molar refractivity (Wildman–Crippen MR) is 72.7 cm³/mol. The van der Waals surface area contributed by atoms with Crippen molar-refractivity contribution in [3.8, 4) is 6.07 Å². The van der Waals surface area contributed by atoms with Crippen LogP contribution in [0.1, 0.15) is 24.8 Å². The van der Waals surface area contributed by atoms with Crippen LogP contribution in [0.3, 0.4) is 0 Å². The van der Waals surface area contributed by atoms with E-state index in [1.165, 1.54) is 13.2 Å². The second kappa shape index (κ2) is 6.38. The van der Waals surface area contributed by atoms with Crippen LogP contribution < -0.4 is 4.90 Å². The molecule has 1 aromatic rings. The van der Waals surface area contributed by atoms with Crippen LogP contribution >= 0.6 is 0 Å². The normalized spacial score (nSPS) is 15.8. The predicted octanol–water partition coefficient (Wildman–Crippen LogP) is 2.48. The number of benzene rings is 1. The van der Waals surface area contributed by atoms with Crippen molar-refractivity contribution in [2.75, 3.05) is 25.1 Å². The first-order valence-corrected chi connectivity index (χ1v) is 6.65. The maximum atomic E-state index is 13.9. The molecule has 1 fully saturated rings. The van der Waals surface area contributed by atoms with E-state index in [0.29, 0.717) is 36.7 Å². The molecule has 0 unspecified atom stereocenters. The van der Waals surface area contributed by atoms with Gasteiger partial charge in [-0.25, -0.2) is 4.39 Å². The minimum absolute atomic E-state index is 0.187. The lowest BCUT2D eigenvalue weighted by Crippen LogP contribution is -2.35. The van der Waals surface area contributed by atoms with Crippen molar-refractivity contribution in [1.82, 2.24) is 0 Å². The van der Waals surface area contributed by atoms with Crippen molar-refractivity contribution >= 4 is 11.7 Å². The molecule has 0 radical (unpaired) electrons. The van der Waals surface area contributed by atoms with Crippen LogP contribution in [0.15, 0.2) is 18.2 Å². The van der Waals surface area contributed by atoms with Gasteiger partial charge in [0.2, 0.25) is 0 Å². The molecule has 106 valence electrons. The highest BCUT2D eigenvalue weighted by Gasteiger charge is 2.23. The first kappa shape index (κ1) is 14.3. The molecule has 0 bridgehead atoms. The number of carbonyl (C=O) groups is 1. The van der Waals surface area contributed by atoms with Gasteiger partial charge in [0, 0.05) is 19.5 Å². The van der Waals surface area contributed by atoms with Gasteiger partial charge in [-0.2, -0.15) is 5.26 Å². The van der Waals surface area contributed by atoms with E-state index in [-0.39, 0.29) is 11.8 Å². The van der Waals surface area contributed by atoms with Gasteiger partial charge in [0.05, 0.1) is 24.4 Å². The monoisotopic (exact) mass is 276 g/mol. The van der Waals surface area contributed by atoms with Gasteiger partial charge >= 0.3 is 5.97 Å². The van der Waals surface area contributed by atoms with Gasteiger partial charge < -0.3 is 9.64 Å². The number of anilines is 1. The van der Waals surface area contributed by atoms with Gasteiger partial charge in [-0.05, 0) is 37.0 Å². The van der Waals surface area contributed by atoms with Gasteiger partial charge in [0.15, 0.2) is 0 Å². The van der Waals surface area contributed by atoms with Crippen LogP contribution in [0.25, 0.3) is 0 Å². The van der Waals surface area contributed by atoms with Gasteiger partial charge in [0.1, 0.15) is 5.82 Å². The van der Waals surface area contributed by atoms with E-state index in [1.54, 1.807) is 12.1 Å². The molecule has 1 heterocycles. The molecule has 1 aliphatic heterocycles. The number of hydrogen-bond acceptors (Lipinski definition) is 4. The fourth-order valence-corrected chi connectivity index (χ4v) is 2.53. The van der Waals surface area contributed by atoms with E-state index >= 15 is 0 Å². The van der Waals surface area contributed by atoms with Crippen LogP contribution in [0, 0.1) is 23.1 Å². The molecule has 2 rings (SSSR count). The zero-order valence-electron chi connectivity index (χ0n) is 11.4. The van der Waals surface area contributed by atoms with Gasteiger partial charge in [0.25, 0.3) is 0 Å². The van der Waals surface area contributed by atoms with E-state index < -0.39 is 0 Å². The summed E-state index contributed by atoms with van der Waals surface area (Å²) in [5.74, 6) is -0.247. The SMILES string of the molecule is COC(=O)CC1CCN(c2ccc(C#N)cc2F)CC1. The number of rotatable bonds is 3. The van der Waals surface area contributed by atoms with Crippen molar-refractivity contribution in [1.29, 1.82) is 5.26 Å². The molecule has 1 aliphatic rings. The Bertz CT molecular complexity index is 531. The number of esters is 1. The first-order chi connectivity index (χ1) is 9.63. The Morgan fingerprint density at radius 2 is 2.20 bits per heavy atom. The zero-order valence-corrected chi connectivity index (χ0v) is 11.4. The highest BCUT2D eigenvalue weighted by Crippen LogP contribution is 2.27. The summed E-state index contributed by atoms with van der Waals surface area (Å²) in [6.45, 7) is 1.43. The highest BCUT2D eigenvalue weighted by atomic mass is 19.1. The fraction of sp³-hybridized carbons (Fsp3) is 0.467. The molecule has 0 atom stereocenters. The summed E-state index contributed by atoms with van der Waals surface area (Å²) >= 11 is 0. The lowest BCUT2D eigenvalue weighted by atomic mass is 9.93. The topological polar surface area (TPSA) is 53.3 Å². The Balaban J connectivity index is 1.97. The minimum atomic E-state index is -0.365. The van der Waals surface area contributed by atoms with Crippen molar-refractivity contribution in [3.05, 3.63) is 29.6 Å². The van der Waals surface area contributed by atoms with Crippen LogP contribution in [0.2, 0.25) is 0 Å².